The second-order valence-electron chi connectivity index (χ2n) is 4.83. The number of hydrogen-bond donors (Lipinski definition) is 0. The number of rotatable bonds is 4. The molecule has 0 aromatic heterocycles. The van der Waals surface area contributed by atoms with Crippen LogP contribution in [-0.2, 0) is 0 Å². The van der Waals surface area contributed by atoms with Gasteiger partial charge in [0, 0.05) is 10.0 Å². The van der Waals surface area contributed by atoms with Crippen LogP contribution in [-0.4, -0.2) is 6.61 Å². The van der Waals surface area contributed by atoms with Crippen molar-refractivity contribution in [3.63, 3.8) is 0 Å². The first-order valence-corrected chi connectivity index (χ1v) is 8.38. The van der Waals surface area contributed by atoms with Crippen molar-refractivity contribution < 1.29 is 4.74 Å². The summed E-state index contributed by atoms with van der Waals surface area (Å²) >= 11 is 6.92. The summed E-state index contributed by atoms with van der Waals surface area (Å²) < 4.78 is 7.27. The van der Waals surface area contributed by atoms with Crippen molar-refractivity contribution in [2.45, 2.75) is 6.92 Å². The molecular formula is C19H13Br2NO. The van der Waals surface area contributed by atoms with Gasteiger partial charge >= 0.3 is 0 Å². The lowest BCUT2D eigenvalue weighted by atomic mass is 10.0. The number of halogens is 2. The second-order valence-corrected chi connectivity index (χ2v) is 6.60. The molecule has 0 aliphatic heterocycles. The van der Waals surface area contributed by atoms with E-state index in [0.29, 0.717) is 11.3 Å². The normalized spacial score (nSPS) is 10.7. The Morgan fingerprint density at radius 2 is 1.96 bits per heavy atom. The van der Waals surface area contributed by atoms with Crippen LogP contribution in [0.3, 0.4) is 0 Å². The lowest BCUT2D eigenvalue weighted by molar-refractivity contribution is 0.367. The van der Waals surface area contributed by atoms with Gasteiger partial charge in [0.1, 0.15) is 12.4 Å². The van der Waals surface area contributed by atoms with Gasteiger partial charge in [0.25, 0.3) is 0 Å². The SMILES string of the molecule is C#CCOc1c(Br)cc(Br)cc1/C=C(\C#N)c1ccc(C)cc1. The molecule has 0 aliphatic rings. The van der Waals surface area contributed by atoms with E-state index in [1.54, 1.807) is 6.08 Å². The van der Waals surface area contributed by atoms with Crippen LogP contribution in [0.5, 0.6) is 5.75 Å². The smallest absolute Gasteiger partial charge is 0.148 e. The van der Waals surface area contributed by atoms with Gasteiger partial charge in [-0.05, 0) is 46.6 Å². The van der Waals surface area contributed by atoms with Crippen LogP contribution < -0.4 is 4.74 Å². The molecule has 0 N–H and O–H groups in total. The van der Waals surface area contributed by atoms with Gasteiger partial charge in [-0.2, -0.15) is 5.26 Å². The van der Waals surface area contributed by atoms with Crippen molar-refractivity contribution >= 4 is 43.5 Å². The minimum absolute atomic E-state index is 0.160. The van der Waals surface area contributed by atoms with Crippen LogP contribution in [0.4, 0.5) is 0 Å². The lowest BCUT2D eigenvalue weighted by Crippen LogP contribution is -1.97. The average molecular weight is 431 g/mol. The van der Waals surface area contributed by atoms with Gasteiger partial charge in [-0.15, -0.1) is 6.42 Å². The molecule has 0 unspecified atom stereocenters. The summed E-state index contributed by atoms with van der Waals surface area (Å²) in [6, 6.07) is 13.8. The van der Waals surface area contributed by atoms with E-state index in [-0.39, 0.29) is 6.61 Å². The molecule has 0 atom stereocenters. The van der Waals surface area contributed by atoms with Gasteiger partial charge in [-0.25, -0.2) is 0 Å². The van der Waals surface area contributed by atoms with Crippen molar-refractivity contribution in [1.29, 1.82) is 5.26 Å². The zero-order valence-corrected chi connectivity index (χ0v) is 15.6. The molecule has 2 aromatic rings. The number of ether oxygens (including phenoxy) is 1. The number of nitriles is 1. The van der Waals surface area contributed by atoms with Crippen molar-refractivity contribution in [3.8, 4) is 24.2 Å². The summed E-state index contributed by atoms with van der Waals surface area (Å²) in [6.45, 7) is 2.17. The first kappa shape index (κ1) is 17.3. The van der Waals surface area contributed by atoms with Crippen LogP contribution >= 0.6 is 31.9 Å². The van der Waals surface area contributed by atoms with Crippen LogP contribution in [0.2, 0.25) is 0 Å². The Balaban J connectivity index is 2.53. The fourth-order valence-corrected chi connectivity index (χ4v) is 3.40. The van der Waals surface area contributed by atoms with Gasteiger partial charge in [0.2, 0.25) is 0 Å². The van der Waals surface area contributed by atoms with E-state index in [0.717, 1.165) is 25.6 Å². The third-order valence-corrected chi connectivity index (χ3v) is 4.17. The zero-order valence-electron chi connectivity index (χ0n) is 12.4. The summed E-state index contributed by atoms with van der Waals surface area (Å²) in [5.41, 5.74) is 3.34. The molecular weight excluding hydrogens is 418 g/mol. The predicted octanol–water partition coefficient (Wildman–Crippen LogP) is 5.60. The van der Waals surface area contributed by atoms with Crippen LogP contribution in [0.15, 0.2) is 45.3 Å². The van der Waals surface area contributed by atoms with Crippen molar-refractivity contribution in [2.24, 2.45) is 0 Å². The van der Waals surface area contributed by atoms with Crippen LogP contribution in [0.1, 0.15) is 16.7 Å². The highest BCUT2D eigenvalue weighted by molar-refractivity contribution is 9.11. The highest BCUT2D eigenvalue weighted by atomic mass is 79.9. The molecule has 2 rings (SSSR count). The van der Waals surface area contributed by atoms with E-state index in [2.05, 4.69) is 43.8 Å². The Hall–Kier alpha value is -2.01. The second kappa shape index (κ2) is 8.02. The highest BCUT2D eigenvalue weighted by Gasteiger charge is 2.10. The fourth-order valence-electron chi connectivity index (χ4n) is 2.02. The third-order valence-electron chi connectivity index (χ3n) is 3.12. The molecule has 0 fully saturated rings. The largest absolute Gasteiger partial charge is 0.479 e. The summed E-state index contributed by atoms with van der Waals surface area (Å²) in [7, 11) is 0. The van der Waals surface area contributed by atoms with E-state index in [9.17, 15) is 5.26 Å². The first-order chi connectivity index (χ1) is 11.0. The molecule has 0 radical (unpaired) electrons. The molecule has 0 heterocycles. The Kier molecular flexibility index (Phi) is 6.04. The van der Waals surface area contributed by atoms with Crippen molar-refractivity contribution in [3.05, 3.63) is 62.0 Å². The summed E-state index contributed by atoms with van der Waals surface area (Å²) in [6.07, 6.45) is 7.07. The minimum Gasteiger partial charge on any atom is -0.479 e. The first-order valence-electron chi connectivity index (χ1n) is 6.79. The number of allylic oxidation sites excluding steroid dienone is 1. The third kappa shape index (κ3) is 4.48. The van der Waals surface area contributed by atoms with E-state index < -0.39 is 0 Å². The van der Waals surface area contributed by atoms with Gasteiger partial charge in [-0.1, -0.05) is 51.7 Å². The van der Waals surface area contributed by atoms with E-state index in [1.165, 1.54) is 0 Å². The molecule has 4 heteroatoms. The Morgan fingerprint density at radius 1 is 1.26 bits per heavy atom. The lowest BCUT2D eigenvalue weighted by Gasteiger charge is -2.11. The number of terminal acetylenes is 1. The molecule has 0 bridgehead atoms. The number of aryl methyl sites for hydroxylation is 1. The Morgan fingerprint density at radius 3 is 2.57 bits per heavy atom. The summed E-state index contributed by atoms with van der Waals surface area (Å²) in [4.78, 5) is 0. The number of hydrogen-bond acceptors (Lipinski definition) is 2. The molecule has 23 heavy (non-hydrogen) atoms. The number of benzene rings is 2. The monoisotopic (exact) mass is 429 g/mol. The molecule has 0 saturated carbocycles. The van der Waals surface area contributed by atoms with E-state index in [4.69, 9.17) is 11.2 Å². The Bertz CT molecular complexity index is 824. The molecule has 2 nitrogen and oxygen atoms in total. The molecule has 2 aromatic carbocycles. The molecule has 0 spiro atoms. The maximum Gasteiger partial charge on any atom is 0.148 e. The summed E-state index contributed by atoms with van der Waals surface area (Å²) in [5, 5.41) is 9.50. The van der Waals surface area contributed by atoms with Crippen molar-refractivity contribution in [2.75, 3.05) is 6.61 Å². The highest BCUT2D eigenvalue weighted by Crippen LogP contribution is 2.35. The van der Waals surface area contributed by atoms with Gasteiger partial charge in [0.15, 0.2) is 0 Å². The maximum atomic E-state index is 9.50. The average Bonchev–Trinajstić information content (AvgIpc) is 2.52. The Labute approximate surface area is 153 Å². The molecule has 0 aliphatic carbocycles. The van der Waals surface area contributed by atoms with Gasteiger partial charge in [0.05, 0.1) is 16.1 Å². The predicted molar refractivity (Wildman–Crippen MR) is 101 cm³/mol. The van der Waals surface area contributed by atoms with Gasteiger partial charge in [-0.3, -0.25) is 0 Å². The quantitative estimate of drug-likeness (QED) is 0.359. The van der Waals surface area contributed by atoms with E-state index >= 15 is 0 Å². The zero-order chi connectivity index (χ0) is 16.8. The van der Waals surface area contributed by atoms with Crippen LogP contribution in [0, 0.1) is 30.6 Å². The maximum absolute atomic E-state index is 9.50. The van der Waals surface area contributed by atoms with Crippen LogP contribution in [0.25, 0.3) is 11.6 Å². The standard InChI is InChI=1S/C19H13Br2NO/c1-3-8-23-19-15(10-17(20)11-18(19)21)9-16(12-22)14-6-4-13(2)5-7-14/h1,4-7,9-11H,8H2,2H3/b16-9+. The number of nitrogens with zero attached hydrogens (tertiary/aromatic N) is 1. The molecule has 0 saturated heterocycles. The topological polar surface area (TPSA) is 33.0 Å². The fraction of sp³-hybridized carbons (Fsp3) is 0.105. The minimum atomic E-state index is 0.160. The van der Waals surface area contributed by atoms with Gasteiger partial charge < -0.3 is 4.74 Å². The van der Waals surface area contributed by atoms with E-state index in [1.807, 2.05) is 43.3 Å². The summed E-state index contributed by atoms with van der Waals surface area (Å²) in [5.74, 6) is 3.07. The van der Waals surface area contributed by atoms with Crippen molar-refractivity contribution in [1.82, 2.24) is 0 Å². The molecule has 0 amide bonds. The molecule has 114 valence electrons.